The summed E-state index contributed by atoms with van der Waals surface area (Å²) in [6.45, 7) is 3.94. The molecule has 0 atom stereocenters. The first-order valence-electron chi connectivity index (χ1n) is 6.47. The van der Waals surface area contributed by atoms with Crippen LogP contribution in [0.5, 0.6) is 5.75 Å². The number of amides is 1. The molecular formula is C14H22N2O3. The van der Waals surface area contributed by atoms with Crippen molar-refractivity contribution in [2.45, 2.75) is 13.3 Å². The fraction of sp³-hybridized carbons (Fsp3) is 0.500. The second-order valence-corrected chi connectivity index (χ2v) is 4.19. The van der Waals surface area contributed by atoms with E-state index in [0.717, 1.165) is 6.54 Å². The Morgan fingerprint density at radius 1 is 1.42 bits per heavy atom. The second kappa shape index (κ2) is 8.50. The minimum atomic E-state index is -0.0794. The molecule has 19 heavy (non-hydrogen) atoms. The normalized spacial score (nSPS) is 10.5. The summed E-state index contributed by atoms with van der Waals surface area (Å²) in [7, 11) is 1.57. The van der Waals surface area contributed by atoms with E-state index in [2.05, 4.69) is 5.32 Å². The van der Waals surface area contributed by atoms with Crippen molar-refractivity contribution < 1.29 is 14.6 Å². The molecule has 0 radical (unpaired) electrons. The fourth-order valence-corrected chi connectivity index (χ4v) is 1.78. The van der Waals surface area contributed by atoms with Gasteiger partial charge in [-0.05, 0) is 25.1 Å². The van der Waals surface area contributed by atoms with Gasteiger partial charge in [0.25, 0.3) is 0 Å². The number of nitrogens with one attached hydrogen (secondary N) is 1. The molecule has 2 N–H and O–H groups in total. The Morgan fingerprint density at radius 3 is 2.79 bits per heavy atom. The summed E-state index contributed by atoms with van der Waals surface area (Å²) < 4.78 is 5.18. The number of rotatable bonds is 8. The number of aliphatic hydroxyl groups is 1. The molecule has 106 valence electrons. The number of nitrogens with zero attached hydrogens (tertiary/aromatic N) is 1. The lowest BCUT2D eigenvalue weighted by molar-refractivity contribution is -0.117. The minimum absolute atomic E-state index is 0.0794. The van der Waals surface area contributed by atoms with Crippen LogP contribution in [0.25, 0.3) is 0 Å². The van der Waals surface area contributed by atoms with E-state index in [1.165, 1.54) is 0 Å². The number of carbonyl (C=O) groups is 1. The van der Waals surface area contributed by atoms with Crippen LogP contribution < -0.4 is 10.1 Å². The lowest BCUT2D eigenvalue weighted by atomic mass is 10.3. The van der Waals surface area contributed by atoms with Gasteiger partial charge >= 0.3 is 0 Å². The molecule has 0 aliphatic heterocycles. The zero-order valence-electron chi connectivity index (χ0n) is 11.6. The Bertz CT molecular complexity index is 396. The number of benzene rings is 1. The largest absolute Gasteiger partial charge is 0.495 e. The molecule has 0 bridgehead atoms. The summed E-state index contributed by atoms with van der Waals surface area (Å²) >= 11 is 0. The van der Waals surface area contributed by atoms with Gasteiger partial charge < -0.3 is 15.2 Å². The lowest BCUT2D eigenvalue weighted by Crippen LogP contribution is -2.34. The molecule has 1 amide bonds. The number of likely N-dealkylation sites (N-methyl/N-ethyl adjacent to an activating group) is 1. The maximum Gasteiger partial charge on any atom is 0.238 e. The Hall–Kier alpha value is -1.59. The Morgan fingerprint density at radius 2 is 2.16 bits per heavy atom. The first-order valence-corrected chi connectivity index (χ1v) is 6.47. The zero-order chi connectivity index (χ0) is 14.1. The highest BCUT2D eigenvalue weighted by Crippen LogP contribution is 2.22. The second-order valence-electron chi connectivity index (χ2n) is 4.19. The van der Waals surface area contributed by atoms with E-state index < -0.39 is 0 Å². The topological polar surface area (TPSA) is 61.8 Å². The van der Waals surface area contributed by atoms with Crippen molar-refractivity contribution in [2.24, 2.45) is 0 Å². The third kappa shape index (κ3) is 5.28. The molecule has 0 aliphatic rings. The highest BCUT2D eigenvalue weighted by molar-refractivity contribution is 5.93. The van der Waals surface area contributed by atoms with Gasteiger partial charge in [0.05, 0.1) is 19.3 Å². The molecule has 1 rings (SSSR count). The molecule has 0 aromatic heterocycles. The number of ether oxygens (including phenoxy) is 1. The van der Waals surface area contributed by atoms with Crippen LogP contribution in [0.4, 0.5) is 5.69 Å². The summed E-state index contributed by atoms with van der Waals surface area (Å²) in [5.41, 5.74) is 0.674. The predicted octanol–water partition coefficient (Wildman–Crippen LogP) is 1.34. The van der Waals surface area contributed by atoms with Gasteiger partial charge in [-0.25, -0.2) is 0 Å². The summed E-state index contributed by atoms with van der Waals surface area (Å²) in [5, 5.41) is 11.6. The molecule has 0 saturated carbocycles. The molecule has 5 heteroatoms. The third-order valence-corrected chi connectivity index (χ3v) is 2.83. The van der Waals surface area contributed by atoms with Gasteiger partial charge in [0, 0.05) is 13.2 Å². The molecule has 0 saturated heterocycles. The molecule has 5 nitrogen and oxygen atoms in total. The summed E-state index contributed by atoms with van der Waals surface area (Å²) in [6, 6.07) is 7.31. The standard InChI is InChI=1S/C14H22N2O3/c1-3-16(9-6-10-17)11-14(18)15-12-7-4-5-8-13(12)19-2/h4-5,7-8,17H,3,6,9-11H2,1-2H3,(H,15,18). The van der Waals surface area contributed by atoms with Crippen molar-refractivity contribution in [2.75, 3.05) is 38.7 Å². The maximum absolute atomic E-state index is 11.9. The molecule has 1 aromatic rings. The lowest BCUT2D eigenvalue weighted by Gasteiger charge is -2.19. The van der Waals surface area contributed by atoms with Gasteiger partial charge in [0.2, 0.25) is 5.91 Å². The number of anilines is 1. The van der Waals surface area contributed by atoms with Crippen LogP contribution in [-0.4, -0.2) is 49.3 Å². The maximum atomic E-state index is 11.9. The summed E-state index contributed by atoms with van der Waals surface area (Å²) in [4.78, 5) is 13.9. The van der Waals surface area contributed by atoms with Gasteiger partial charge in [-0.2, -0.15) is 0 Å². The average molecular weight is 266 g/mol. The molecular weight excluding hydrogens is 244 g/mol. The van der Waals surface area contributed by atoms with Crippen LogP contribution in [0, 0.1) is 0 Å². The van der Waals surface area contributed by atoms with Crippen LogP contribution in [0.2, 0.25) is 0 Å². The van der Waals surface area contributed by atoms with Gasteiger partial charge in [-0.3, -0.25) is 9.69 Å². The van der Waals surface area contributed by atoms with Crippen molar-refractivity contribution in [1.29, 1.82) is 0 Å². The van der Waals surface area contributed by atoms with Crippen molar-refractivity contribution >= 4 is 11.6 Å². The molecule has 0 spiro atoms. The Labute approximate surface area is 114 Å². The molecule has 1 aromatic carbocycles. The van der Waals surface area contributed by atoms with Crippen LogP contribution >= 0.6 is 0 Å². The minimum Gasteiger partial charge on any atom is -0.495 e. The predicted molar refractivity (Wildman–Crippen MR) is 75.4 cm³/mol. The van der Waals surface area contributed by atoms with Crippen LogP contribution in [0.3, 0.4) is 0 Å². The van der Waals surface area contributed by atoms with E-state index in [9.17, 15) is 4.79 Å². The van der Waals surface area contributed by atoms with E-state index in [1.807, 2.05) is 24.0 Å². The van der Waals surface area contributed by atoms with Gasteiger partial charge in [0.1, 0.15) is 5.75 Å². The molecule has 0 heterocycles. The number of aliphatic hydroxyl groups excluding tert-OH is 1. The van der Waals surface area contributed by atoms with Gasteiger partial charge in [-0.15, -0.1) is 0 Å². The number of hydrogen-bond acceptors (Lipinski definition) is 4. The Kier molecular flexibility index (Phi) is 6.92. The summed E-state index contributed by atoms with van der Waals surface area (Å²) in [5.74, 6) is 0.568. The van der Waals surface area contributed by atoms with E-state index in [1.54, 1.807) is 19.2 Å². The summed E-state index contributed by atoms with van der Waals surface area (Å²) in [6.07, 6.45) is 0.676. The monoisotopic (exact) mass is 266 g/mol. The first kappa shape index (κ1) is 15.5. The van der Waals surface area contributed by atoms with Crippen LogP contribution in [0.15, 0.2) is 24.3 Å². The van der Waals surface area contributed by atoms with Gasteiger partial charge in [0.15, 0.2) is 0 Å². The SMILES string of the molecule is CCN(CCCO)CC(=O)Nc1ccccc1OC. The van der Waals surface area contributed by atoms with E-state index in [-0.39, 0.29) is 12.5 Å². The number of methoxy groups -OCH3 is 1. The third-order valence-electron chi connectivity index (χ3n) is 2.83. The number of para-hydroxylation sites is 2. The highest BCUT2D eigenvalue weighted by atomic mass is 16.5. The molecule has 0 unspecified atom stereocenters. The van der Waals surface area contributed by atoms with Crippen molar-refractivity contribution in [3.05, 3.63) is 24.3 Å². The molecule has 0 fully saturated rings. The number of carbonyl (C=O) groups excluding carboxylic acids is 1. The number of hydrogen-bond donors (Lipinski definition) is 2. The Balaban J connectivity index is 2.54. The highest BCUT2D eigenvalue weighted by Gasteiger charge is 2.10. The van der Waals surface area contributed by atoms with E-state index in [0.29, 0.717) is 30.9 Å². The van der Waals surface area contributed by atoms with Gasteiger partial charge in [-0.1, -0.05) is 19.1 Å². The van der Waals surface area contributed by atoms with Crippen LogP contribution in [-0.2, 0) is 4.79 Å². The average Bonchev–Trinajstić information content (AvgIpc) is 2.44. The van der Waals surface area contributed by atoms with Crippen molar-refractivity contribution in [3.63, 3.8) is 0 Å². The van der Waals surface area contributed by atoms with Crippen molar-refractivity contribution in [3.8, 4) is 5.75 Å². The fourth-order valence-electron chi connectivity index (χ4n) is 1.78. The quantitative estimate of drug-likeness (QED) is 0.745. The van der Waals surface area contributed by atoms with Crippen LogP contribution in [0.1, 0.15) is 13.3 Å². The van der Waals surface area contributed by atoms with E-state index in [4.69, 9.17) is 9.84 Å². The van der Waals surface area contributed by atoms with E-state index >= 15 is 0 Å². The smallest absolute Gasteiger partial charge is 0.238 e. The first-order chi connectivity index (χ1) is 9.21. The zero-order valence-corrected chi connectivity index (χ0v) is 11.6. The molecule has 0 aliphatic carbocycles. The van der Waals surface area contributed by atoms with Crippen molar-refractivity contribution in [1.82, 2.24) is 4.90 Å².